The predicted octanol–water partition coefficient (Wildman–Crippen LogP) is 0.305. The van der Waals surface area contributed by atoms with Crippen LogP contribution in [0.25, 0.3) is 0 Å². The lowest BCUT2D eigenvalue weighted by atomic mass is 9.92. The van der Waals surface area contributed by atoms with Crippen LogP contribution in [0.3, 0.4) is 0 Å². The van der Waals surface area contributed by atoms with Gasteiger partial charge < -0.3 is 15.0 Å². The molecule has 2 rings (SSSR count). The quantitative estimate of drug-likeness (QED) is 0.743. The van der Waals surface area contributed by atoms with Gasteiger partial charge in [0.2, 0.25) is 0 Å². The topological polar surface area (TPSA) is 70.4 Å². The molecule has 0 aromatic carbocycles. The van der Waals surface area contributed by atoms with Gasteiger partial charge in [-0.1, -0.05) is 0 Å². The van der Waals surface area contributed by atoms with E-state index in [2.05, 4.69) is 10.3 Å². The van der Waals surface area contributed by atoms with Crippen molar-refractivity contribution < 1.29 is 9.90 Å². The zero-order valence-corrected chi connectivity index (χ0v) is 11.8. The van der Waals surface area contributed by atoms with Crippen LogP contribution in [0.15, 0.2) is 12.4 Å². The summed E-state index contributed by atoms with van der Waals surface area (Å²) in [5.41, 5.74) is -0.833. The second-order valence-corrected chi connectivity index (χ2v) is 5.43. The van der Waals surface area contributed by atoms with E-state index in [1.165, 1.54) is 0 Å². The Morgan fingerprint density at radius 2 is 2.37 bits per heavy atom. The third-order valence-electron chi connectivity index (χ3n) is 3.95. The Hall–Kier alpha value is -1.40. The minimum Gasteiger partial charge on any atom is -0.480 e. The molecule has 6 nitrogen and oxygen atoms in total. The molecule has 1 saturated carbocycles. The molecule has 0 bridgehead atoms. The molecule has 106 valence electrons. The van der Waals surface area contributed by atoms with Gasteiger partial charge in [-0.3, -0.25) is 9.69 Å². The van der Waals surface area contributed by atoms with Gasteiger partial charge in [-0.2, -0.15) is 0 Å². The number of nitrogens with one attached hydrogen (secondary N) is 1. The van der Waals surface area contributed by atoms with E-state index in [1.807, 2.05) is 29.8 Å². The molecule has 6 heteroatoms. The molecule has 1 atom stereocenters. The summed E-state index contributed by atoms with van der Waals surface area (Å²) in [6.07, 6.45) is 5.63. The molecule has 2 N–H and O–H groups in total. The third kappa shape index (κ3) is 2.79. The standard InChI is InChI=1S/C13H22N4O2/c1-14-13(12(18)19,10-4-5-10)9-16(2)8-11-15-6-7-17(11)3/h6-7,10,14H,4-5,8-9H2,1-3H3,(H,18,19). The number of carbonyl (C=O) groups is 1. The molecule has 0 spiro atoms. The first-order chi connectivity index (χ1) is 8.99. The third-order valence-corrected chi connectivity index (χ3v) is 3.95. The van der Waals surface area contributed by atoms with Gasteiger partial charge in [-0.15, -0.1) is 0 Å². The second-order valence-electron chi connectivity index (χ2n) is 5.43. The summed E-state index contributed by atoms with van der Waals surface area (Å²) >= 11 is 0. The van der Waals surface area contributed by atoms with Crippen LogP contribution in [-0.2, 0) is 18.4 Å². The molecule has 1 unspecified atom stereocenters. The molecule has 19 heavy (non-hydrogen) atoms. The van der Waals surface area contributed by atoms with Crippen LogP contribution >= 0.6 is 0 Å². The smallest absolute Gasteiger partial charge is 0.325 e. The Labute approximate surface area is 113 Å². The van der Waals surface area contributed by atoms with Crippen molar-refractivity contribution in [2.75, 3.05) is 20.6 Å². The van der Waals surface area contributed by atoms with E-state index in [0.29, 0.717) is 13.1 Å². The van der Waals surface area contributed by atoms with Crippen molar-refractivity contribution in [1.29, 1.82) is 0 Å². The summed E-state index contributed by atoms with van der Waals surface area (Å²) in [5, 5.41) is 12.6. The van der Waals surface area contributed by atoms with E-state index in [1.54, 1.807) is 13.2 Å². The van der Waals surface area contributed by atoms with Crippen LogP contribution in [0, 0.1) is 5.92 Å². The van der Waals surface area contributed by atoms with Gasteiger partial charge in [0, 0.05) is 26.0 Å². The van der Waals surface area contributed by atoms with Crippen LogP contribution in [0.5, 0.6) is 0 Å². The number of carboxylic acid groups (broad SMARTS) is 1. The van der Waals surface area contributed by atoms with Crippen LogP contribution in [0.4, 0.5) is 0 Å². The zero-order valence-electron chi connectivity index (χ0n) is 11.8. The maximum Gasteiger partial charge on any atom is 0.325 e. The number of rotatable bonds is 7. The molecule has 1 aromatic heterocycles. The molecule has 1 heterocycles. The first kappa shape index (κ1) is 14.0. The summed E-state index contributed by atoms with van der Waals surface area (Å²) in [6, 6.07) is 0. The minimum atomic E-state index is -0.833. The molecule has 1 aliphatic carbocycles. The lowest BCUT2D eigenvalue weighted by Crippen LogP contribution is -2.59. The summed E-state index contributed by atoms with van der Waals surface area (Å²) in [6.45, 7) is 1.13. The molecule has 1 aliphatic rings. The number of nitrogens with zero attached hydrogens (tertiary/aromatic N) is 3. The van der Waals surface area contributed by atoms with E-state index in [9.17, 15) is 9.90 Å². The molecule has 0 saturated heterocycles. The van der Waals surface area contributed by atoms with Crippen molar-refractivity contribution in [1.82, 2.24) is 19.8 Å². The largest absolute Gasteiger partial charge is 0.480 e. The maximum absolute atomic E-state index is 11.6. The number of aliphatic carboxylic acids is 1. The Bertz CT molecular complexity index is 455. The summed E-state index contributed by atoms with van der Waals surface area (Å²) in [5.74, 6) is 0.414. The Morgan fingerprint density at radius 3 is 2.79 bits per heavy atom. The van der Waals surface area contributed by atoms with Crippen molar-refractivity contribution in [2.45, 2.75) is 24.9 Å². The van der Waals surface area contributed by atoms with E-state index in [0.717, 1.165) is 18.7 Å². The fraction of sp³-hybridized carbons (Fsp3) is 0.692. The van der Waals surface area contributed by atoms with Gasteiger partial charge in [-0.25, -0.2) is 4.98 Å². The maximum atomic E-state index is 11.6. The first-order valence-electron chi connectivity index (χ1n) is 6.56. The fourth-order valence-electron chi connectivity index (χ4n) is 2.61. The average molecular weight is 266 g/mol. The number of likely N-dealkylation sites (N-methyl/N-ethyl adjacent to an activating group) is 2. The van der Waals surface area contributed by atoms with Crippen molar-refractivity contribution in [2.24, 2.45) is 13.0 Å². The monoisotopic (exact) mass is 266 g/mol. The number of aryl methyl sites for hydroxylation is 1. The number of imidazole rings is 1. The molecule has 1 fully saturated rings. The van der Waals surface area contributed by atoms with Crippen molar-refractivity contribution in [3.05, 3.63) is 18.2 Å². The summed E-state index contributed by atoms with van der Waals surface area (Å²) < 4.78 is 1.95. The number of hydrogen-bond donors (Lipinski definition) is 2. The van der Waals surface area contributed by atoms with Crippen LogP contribution in [-0.4, -0.2) is 51.7 Å². The Balaban J connectivity index is 2.05. The highest BCUT2D eigenvalue weighted by atomic mass is 16.4. The van der Waals surface area contributed by atoms with Gasteiger partial charge in [0.1, 0.15) is 11.4 Å². The normalized spacial score (nSPS) is 18.5. The van der Waals surface area contributed by atoms with Crippen LogP contribution in [0.2, 0.25) is 0 Å². The second kappa shape index (κ2) is 5.30. The highest BCUT2D eigenvalue weighted by molar-refractivity contribution is 5.80. The van der Waals surface area contributed by atoms with Gasteiger partial charge >= 0.3 is 5.97 Å². The average Bonchev–Trinajstić information content (AvgIpc) is 3.13. The SMILES string of the molecule is CNC(CN(C)Cc1nccn1C)(C(=O)O)C1CC1. The molecule has 1 aromatic rings. The minimum absolute atomic E-state index is 0.235. The van der Waals surface area contributed by atoms with E-state index < -0.39 is 11.5 Å². The lowest BCUT2D eigenvalue weighted by Gasteiger charge is -2.33. The molecule has 0 amide bonds. The van der Waals surface area contributed by atoms with E-state index >= 15 is 0 Å². The molecule has 0 aliphatic heterocycles. The Kier molecular flexibility index (Phi) is 3.91. The number of carboxylic acids is 1. The van der Waals surface area contributed by atoms with Gasteiger partial charge in [-0.05, 0) is 32.9 Å². The van der Waals surface area contributed by atoms with Crippen molar-refractivity contribution in [3.8, 4) is 0 Å². The van der Waals surface area contributed by atoms with Gasteiger partial charge in [0.15, 0.2) is 0 Å². The van der Waals surface area contributed by atoms with E-state index in [-0.39, 0.29) is 5.92 Å². The van der Waals surface area contributed by atoms with Gasteiger partial charge in [0.05, 0.1) is 6.54 Å². The van der Waals surface area contributed by atoms with Crippen LogP contribution in [0.1, 0.15) is 18.7 Å². The van der Waals surface area contributed by atoms with Crippen molar-refractivity contribution >= 4 is 5.97 Å². The highest BCUT2D eigenvalue weighted by Gasteiger charge is 2.50. The zero-order chi connectivity index (χ0) is 14.0. The molecular weight excluding hydrogens is 244 g/mol. The fourth-order valence-corrected chi connectivity index (χ4v) is 2.61. The van der Waals surface area contributed by atoms with E-state index in [4.69, 9.17) is 0 Å². The van der Waals surface area contributed by atoms with Gasteiger partial charge in [0.25, 0.3) is 0 Å². The van der Waals surface area contributed by atoms with Crippen molar-refractivity contribution in [3.63, 3.8) is 0 Å². The predicted molar refractivity (Wildman–Crippen MR) is 71.7 cm³/mol. The van der Waals surface area contributed by atoms with Crippen LogP contribution < -0.4 is 5.32 Å². The Morgan fingerprint density at radius 1 is 1.68 bits per heavy atom. The number of hydrogen-bond acceptors (Lipinski definition) is 4. The number of aromatic nitrogens is 2. The lowest BCUT2D eigenvalue weighted by molar-refractivity contribution is -0.146. The summed E-state index contributed by atoms with van der Waals surface area (Å²) in [4.78, 5) is 17.9. The summed E-state index contributed by atoms with van der Waals surface area (Å²) in [7, 11) is 5.62. The highest BCUT2D eigenvalue weighted by Crippen LogP contribution is 2.40. The first-order valence-corrected chi connectivity index (χ1v) is 6.56. The molecular formula is C13H22N4O2. The molecule has 0 radical (unpaired) electrons.